The highest BCUT2D eigenvalue weighted by atomic mass is 16.4. The van der Waals surface area contributed by atoms with E-state index in [1.807, 2.05) is 0 Å². The van der Waals surface area contributed by atoms with Gasteiger partial charge in [0.25, 0.3) is 0 Å². The number of hydrogen-bond acceptors (Lipinski definition) is 3. The van der Waals surface area contributed by atoms with Crippen LogP contribution in [0.4, 0.5) is 0 Å². The van der Waals surface area contributed by atoms with Crippen LogP contribution in [0, 0.1) is 5.92 Å². The highest BCUT2D eigenvalue weighted by Gasteiger charge is 2.20. The molecule has 1 unspecified atom stereocenters. The Bertz CT molecular complexity index is 495. The minimum Gasteiger partial charge on any atom is -0.478 e. The topological polar surface area (TPSA) is 112 Å². The number of carbonyl (C=O) groups is 3. The highest BCUT2D eigenvalue weighted by Crippen LogP contribution is 2.23. The summed E-state index contributed by atoms with van der Waals surface area (Å²) in [6.45, 7) is 7.56. The predicted octanol–water partition coefficient (Wildman–Crippen LogP) is 1.70. The lowest BCUT2D eigenvalue weighted by Gasteiger charge is -2.14. The number of carboxylic acids is 3. The summed E-state index contributed by atoms with van der Waals surface area (Å²) < 4.78 is 0. The molecule has 19 heavy (non-hydrogen) atoms. The Hall–Kier alpha value is -2.37. The lowest BCUT2D eigenvalue weighted by Crippen LogP contribution is -2.14. The third kappa shape index (κ3) is 4.42. The van der Waals surface area contributed by atoms with Crippen molar-refractivity contribution in [1.29, 1.82) is 0 Å². The van der Waals surface area contributed by atoms with Gasteiger partial charge in [0.1, 0.15) is 0 Å². The van der Waals surface area contributed by atoms with Crippen LogP contribution in [-0.2, 0) is 14.4 Å². The second-order valence-corrected chi connectivity index (χ2v) is 4.09. The van der Waals surface area contributed by atoms with E-state index < -0.39 is 23.8 Å². The molecular weight excluding hydrogens is 252 g/mol. The van der Waals surface area contributed by atoms with E-state index in [-0.39, 0.29) is 22.3 Å². The fourth-order valence-electron chi connectivity index (χ4n) is 1.30. The number of carboxylic acid groups (broad SMARTS) is 3. The van der Waals surface area contributed by atoms with Gasteiger partial charge in [0.15, 0.2) is 0 Å². The molecule has 1 atom stereocenters. The van der Waals surface area contributed by atoms with Crippen LogP contribution in [0.25, 0.3) is 0 Å². The molecule has 0 aromatic rings. The van der Waals surface area contributed by atoms with Gasteiger partial charge >= 0.3 is 17.9 Å². The zero-order valence-corrected chi connectivity index (χ0v) is 10.9. The lowest BCUT2D eigenvalue weighted by molar-refractivity contribution is -0.134. The van der Waals surface area contributed by atoms with Crippen molar-refractivity contribution in [3.05, 3.63) is 34.9 Å². The fourth-order valence-corrected chi connectivity index (χ4v) is 1.30. The van der Waals surface area contributed by atoms with Crippen LogP contribution in [0.2, 0.25) is 0 Å². The predicted molar refractivity (Wildman–Crippen MR) is 67.7 cm³/mol. The monoisotopic (exact) mass is 268 g/mol. The molecule has 6 heteroatoms. The van der Waals surface area contributed by atoms with Gasteiger partial charge in [0, 0.05) is 17.1 Å². The van der Waals surface area contributed by atoms with Gasteiger partial charge in [-0.05, 0) is 19.9 Å². The molecule has 0 bridgehead atoms. The summed E-state index contributed by atoms with van der Waals surface area (Å²) in [6, 6.07) is 0. The highest BCUT2D eigenvalue weighted by molar-refractivity contribution is 5.95. The van der Waals surface area contributed by atoms with Gasteiger partial charge in [-0.25, -0.2) is 14.4 Å². The maximum atomic E-state index is 11.1. The molecule has 0 aliphatic carbocycles. The Labute approximate surface area is 110 Å². The lowest BCUT2D eigenvalue weighted by atomic mass is 9.90. The first kappa shape index (κ1) is 16.6. The van der Waals surface area contributed by atoms with Gasteiger partial charge in [-0.1, -0.05) is 19.1 Å². The molecule has 0 aliphatic rings. The van der Waals surface area contributed by atoms with Crippen molar-refractivity contribution in [1.82, 2.24) is 0 Å². The molecule has 0 fully saturated rings. The molecule has 104 valence electrons. The third-order valence-electron chi connectivity index (χ3n) is 2.80. The largest absolute Gasteiger partial charge is 0.478 e. The summed E-state index contributed by atoms with van der Waals surface area (Å²) in [7, 11) is 0. The minimum absolute atomic E-state index is 0.148. The first-order chi connectivity index (χ1) is 8.59. The molecule has 0 heterocycles. The van der Waals surface area contributed by atoms with Crippen LogP contribution in [0.1, 0.15) is 20.8 Å². The first-order valence-electron chi connectivity index (χ1n) is 5.37. The van der Waals surface area contributed by atoms with E-state index >= 15 is 0 Å². The van der Waals surface area contributed by atoms with Crippen LogP contribution in [0.3, 0.4) is 0 Å². The summed E-state index contributed by atoms with van der Waals surface area (Å²) in [5.74, 6) is -4.49. The van der Waals surface area contributed by atoms with Crippen molar-refractivity contribution < 1.29 is 29.7 Å². The van der Waals surface area contributed by atoms with Crippen molar-refractivity contribution in [2.75, 3.05) is 0 Å². The van der Waals surface area contributed by atoms with Crippen molar-refractivity contribution in [3.63, 3.8) is 0 Å². The molecule has 0 aliphatic heterocycles. The number of rotatable bonds is 6. The van der Waals surface area contributed by atoms with Crippen LogP contribution in [0.15, 0.2) is 34.9 Å². The summed E-state index contributed by atoms with van der Waals surface area (Å²) in [5, 5.41) is 26.6. The molecular formula is C13H16O6. The van der Waals surface area contributed by atoms with Gasteiger partial charge in [-0.2, -0.15) is 0 Å². The smallest absolute Gasteiger partial charge is 0.335 e. The molecule has 0 aromatic carbocycles. The van der Waals surface area contributed by atoms with E-state index in [2.05, 4.69) is 6.58 Å². The van der Waals surface area contributed by atoms with Crippen LogP contribution < -0.4 is 0 Å². The Morgan fingerprint density at radius 2 is 1.47 bits per heavy atom. The van der Waals surface area contributed by atoms with E-state index in [0.717, 1.165) is 6.08 Å². The van der Waals surface area contributed by atoms with Crippen LogP contribution >= 0.6 is 0 Å². The first-order valence-corrected chi connectivity index (χ1v) is 5.37. The van der Waals surface area contributed by atoms with E-state index in [0.29, 0.717) is 0 Å². The number of aliphatic carboxylic acids is 3. The van der Waals surface area contributed by atoms with Crippen molar-refractivity contribution >= 4 is 17.9 Å². The maximum absolute atomic E-state index is 11.1. The van der Waals surface area contributed by atoms with Gasteiger partial charge in [-0.15, -0.1) is 0 Å². The molecule has 0 spiro atoms. The SMILES string of the molecule is C=C(C(=O)O)C(C)C(C)=C(C=C(C)C(=O)O)C(=O)O. The molecule has 6 nitrogen and oxygen atoms in total. The minimum atomic E-state index is -1.32. The van der Waals surface area contributed by atoms with Crippen LogP contribution in [-0.4, -0.2) is 33.2 Å². The van der Waals surface area contributed by atoms with Gasteiger partial charge < -0.3 is 15.3 Å². The quantitative estimate of drug-likeness (QED) is 0.499. The van der Waals surface area contributed by atoms with Crippen LogP contribution in [0.5, 0.6) is 0 Å². The van der Waals surface area contributed by atoms with Gasteiger partial charge in [-0.3, -0.25) is 0 Å². The van der Waals surface area contributed by atoms with Gasteiger partial charge in [0.05, 0.1) is 5.57 Å². The zero-order chi connectivity index (χ0) is 15.3. The molecule has 0 saturated heterocycles. The average Bonchev–Trinajstić information content (AvgIpc) is 2.31. The molecule has 0 aromatic heterocycles. The van der Waals surface area contributed by atoms with E-state index in [4.69, 9.17) is 15.3 Å². The molecule has 3 N–H and O–H groups in total. The summed E-state index contributed by atoms with van der Waals surface area (Å²) >= 11 is 0. The Morgan fingerprint density at radius 1 is 1.00 bits per heavy atom. The summed E-state index contributed by atoms with van der Waals surface area (Å²) in [6.07, 6.45) is 1.01. The average molecular weight is 268 g/mol. The molecule has 0 amide bonds. The third-order valence-corrected chi connectivity index (χ3v) is 2.80. The molecule has 0 saturated carbocycles. The molecule has 0 rings (SSSR count). The second-order valence-electron chi connectivity index (χ2n) is 4.09. The Kier molecular flexibility index (Phi) is 5.72. The normalized spacial score (nSPS) is 14.4. The number of hydrogen-bond donors (Lipinski definition) is 3. The fraction of sp³-hybridized carbons (Fsp3) is 0.308. The van der Waals surface area contributed by atoms with Crippen molar-refractivity contribution in [3.8, 4) is 0 Å². The maximum Gasteiger partial charge on any atom is 0.335 e. The summed E-state index contributed by atoms with van der Waals surface area (Å²) in [4.78, 5) is 32.6. The zero-order valence-electron chi connectivity index (χ0n) is 10.9. The Balaban J connectivity index is 5.72. The summed E-state index contributed by atoms with van der Waals surface area (Å²) in [5.41, 5.74) is -0.308. The van der Waals surface area contributed by atoms with E-state index in [9.17, 15) is 14.4 Å². The number of allylic oxidation sites excluding steroid dienone is 1. The second kappa shape index (κ2) is 6.53. The standard InChI is InChI=1S/C13H16O6/c1-6(11(14)15)5-10(13(18)19)8(3)7(2)9(4)12(16)17/h5,7H,4H2,1-3H3,(H,14,15)(H,16,17)(H,18,19). The van der Waals surface area contributed by atoms with Gasteiger partial charge in [0.2, 0.25) is 0 Å². The van der Waals surface area contributed by atoms with Crippen molar-refractivity contribution in [2.45, 2.75) is 20.8 Å². The van der Waals surface area contributed by atoms with E-state index in [1.54, 1.807) is 0 Å². The van der Waals surface area contributed by atoms with E-state index in [1.165, 1.54) is 20.8 Å². The molecule has 0 radical (unpaired) electrons. The Morgan fingerprint density at radius 3 is 1.79 bits per heavy atom. The van der Waals surface area contributed by atoms with Crippen molar-refractivity contribution in [2.24, 2.45) is 5.92 Å².